The Hall–Kier alpha value is -2.28. The Balaban J connectivity index is 1.75. The lowest BCUT2D eigenvalue weighted by Crippen LogP contribution is -2.43. The number of halogens is 1. The Bertz CT molecular complexity index is 680. The molecule has 1 aromatic heterocycles. The minimum atomic E-state index is -0.551. The molecule has 1 aromatic carbocycles. The number of amides is 2. The Morgan fingerprint density at radius 1 is 1.13 bits per heavy atom. The highest BCUT2D eigenvalue weighted by atomic mass is 79.9. The van der Waals surface area contributed by atoms with Gasteiger partial charge in [0, 0.05) is 0 Å². The van der Waals surface area contributed by atoms with Crippen LogP contribution < -0.4 is 15.6 Å². The fourth-order valence-electron chi connectivity index (χ4n) is 1.76. The van der Waals surface area contributed by atoms with Crippen LogP contribution in [-0.2, 0) is 4.79 Å². The van der Waals surface area contributed by atoms with E-state index in [-0.39, 0.29) is 12.4 Å². The number of nitrogens with one attached hydrogen (secondary N) is 2. The fourth-order valence-corrected chi connectivity index (χ4v) is 2.06. The molecule has 0 spiro atoms. The summed E-state index contributed by atoms with van der Waals surface area (Å²) in [5.74, 6) is 0.0830. The van der Waals surface area contributed by atoms with Gasteiger partial charge < -0.3 is 9.15 Å². The van der Waals surface area contributed by atoms with Crippen LogP contribution >= 0.6 is 15.9 Å². The van der Waals surface area contributed by atoms with Crippen molar-refractivity contribution in [3.8, 4) is 5.75 Å². The second-order valence-corrected chi connectivity index (χ2v) is 5.90. The van der Waals surface area contributed by atoms with E-state index in [0.29, 0.717) is 16.3 Å². The topological polar surface area (TPSA) is 80.6 Å². The average molecular weight is 381 g/mol. The van der Waals surface area contributed by atoms with E-state index in [1.54, 1.807) is 6.07 Å². The van der Waals surface area contributed by atoms with Crippen LogP contribution in [0.4, 0.5) is 0 Å². The summed E-state index contributed by atoms with van der Waals surface area (Å²) in [5, 5.41) is 0. The summed E-state index contributed by atoms with van der Waals surface area (Å²) in [7, 11) is 0. The number of furan rings is 1. The molecule has 0 saturated heterocycles. The largest absolute Gasteiger partial charge is 0.484 e. The van der Waals surface area contributed by atoms with Crippen molar-refractivity contribution in [1.29, 1.82) is 0 Å². The molecule has 6 nitrogen and oxygen atoms in total. The van der Waals surface area contributed by atoms with Crippen molar-refractivity contribution in [2.45, 2.75) is 19.8 Å². The summed E-state index contributed by atoms with van der Waals surface area (Å²) < 4.78 is 10.8. The quantitative estimate of drug-likeness (QED) is 0.781. The normalized spacial score (nSPS) is 10.4. The van der Waals surface area contributed by atoms with Crippen LogP contribution in [0.2, 0.25) is 0 Å². The monoisotopic (exact) mass is 380 g/mol. The van der Waals surface area contributed by atoms with E-state index in [0.717, 1.165) is 0 Å². The van der Waals surface area contributed by atoms with Crippen molar-refractivity contribution in [3.05, 3.63) is 52.4 Å². The molecule has 0 unspecified atom stereocenters. The van der Waals surface area contributed by atoms with Gasteiger partial charge >= 0.3 is 5.91 Å². The number of rotatable bonds is 5. The SMILES string of the molecule is CC(C)c1ccc(OCC(=O)NNC(=O)c2ccc(Br)o2)cc1. The molecule has 2 rings (SSSR count). The first-order chi connectivity index (χ1) is 11.0. The maximum absolute atomic E-state index is 11.7. The highest BCUT2D eigenvalue weighted by Crippen LogP contribution is 2.18. The first-order valence-electron chi connectivity index (χ1n) is 7.03. The standard InChI is InChI=1S/C16H17BrN2O4/c1-10(2)11-3-5-12(6-4-11)22-9-15(20)18-19-16(21)13-7-8-14(17)23-13/h3-8,10H,9H2,1-2H3,(H,18,20)(H,19,21). The van der Waals surface area contributed by atoms with Crippen LogP contribution in [0.25, 0.3) is 0 Å². The number of carbonyl (C=O) groups excluding carboxylic acids is 2. The van der Waals surface area contributed by atoms with Gasteiger partial charge in [-0.1, -0.05) is 26.0 Å². The molecule has 0 atom stereocenters. The molecule has 7 heteroatoms. The molecule has 0 aliphatic heterocycles. The fraction of sp³-hybridized carbons (Fsp3) is 0.250. The second kappa shape index (κ2) is 7.82. The summed E-state index contributed by atoms with van der Waals surface area (Å²) in [5.41, 5.74) is 5.68. The average Bonchev–Trinajstić information content (AvgIpc) is 2.97. The maximum Gasteiger partial charge on any atom is 0.305 e. The van der Waals surface area contributed by atoms with E-state index >= 15 is 0 Å². The van der Waals surface area contributed by atoms with Crippen molar-refractivity contribution < 1.29 is 18.7 Å². The zero-order chi connectivity index (χ0) is 16.8. The lowest BCUT2D eigenvalue weighted by molar-refractivity contribution is -0.123. The number of carbonyl (C=O) groups is 2. The zero-order valence-corrected chi connectivity index (χ0v) is 14.3. The molecule has 0 aliphatic carbocycles. The van der Waals surface area contributed by atoms with Gasteiger partial charge in [0.2, 0.25) is 0 Å². The lowest BCUT2D eigenvalue weighted by atomic mass is 10.0. The molecule has 0 fully saturated rings. The van der Waals surface area contributed by atoms with Gasteiger partial charge in [-0.25, -0.2) is 0 Å². The highest BCUT2D eigenvalue weighted by molar-refractivity contribution is 9.10. The Labute approximate surface area is 142 Å². The Kier molecular flexibility index (Phi) is 5.81. The van der Waals surface area contributed by atoms with Gasteiger partial charge in [0.05, 0.1) is 0 Å². The number of hydrogen-bond donors (Lipinski definition) is 2. The smallest absolute Gasteiger partial charge is 0.305 e. The molecule has 2 amide bonds. The van der Waals surface area contributed by atoms with Gasteiger partial charge in [-0.2, -0.15) is 0 Å². The van der Waals surface area contributed by atoms with Crippen LogP contribution in [-0.4, -0.2) is 18.4 Å². The lowest BCUT2D eigenvalue weighted by Gasteiger charge is -2.09. The zero-order valence-electron chi connectivity index (χ0n) is 12.8. The summed E-state index contributed by atoms with van der Waals surface area (Å²) in [6, 6.07) is 10.6. The molecule has 2 N–H and O–H groups in total. The third-order valence-corrected chi connectivity index (χ3v) is 3.46. The van der Waals surface area contributed by atoms with Crippen LogP contribution in [0.3, 0.4) is 0 Å². The number of benzene rings is 1. The molecule has 2 aromatic rings. The third-order valence-electron chi connectivity index (χ3n) is 3.03. The Morgan fingerprint density at radius 3 is 2.39 bits per heavy atom. The molecular formula is C16H17BrN2O4. The van der Waals surface area contributed by atoms with E-state index in [1.165, 1.54) is 11.6 Å². The molecular weight excluding hydrogens is 364 g/mol. The summed E-state index contributed by atoms with van der Waals surface area (Å²) in [6.07, 6.45) is 0. The van der Waals surface area contributed by atoms with Gasteiger partial charge in [-0.05, 0) is 51.7 Å². The predicted octanol–water partition coefficient (Wildman–Crippen LogP) is 3.01. The van der Waals surface area contributed by atoms with Gasteiger partial charge in [0.25, 0.3) is 5.91 Å². The van der Waals surface area contributed by atoms with Crippen LogP contribution in [0.1, 0.15) is 35.9 Å². The van der Waals surface area contributed by atoms with E-state index in [1.807, 2.05) is 24.3 Å². The van der Waals surface area contributed by atoms with Crippen LogP contribution in [0.5, 0.6) is 5.75 Å². The first-order valence-corrected chi connectivity index (χ1v) is 7.82. The minimum Gasteiger partial charge on any atom is -0.484 e. The highest BCUT2D eigenvalue weighted by Gasteiger charge is 2.11. The molecule has 1 heterocycles. The van der Waals surface area contributed by atoms with E-state index < -0.39 is 11.8 Å². The summed E-state index contributed by atoms with van der Waals surface area (Å²) in [4.78, 5) is 23.3. The molecule has 0 bridgehead atoms. The van der Waals surface area contributed by atoms with Gasteiger partial charge in [-0.3, -0.25) is 20.4 Å². The molecule has 0 aliphatic rings. The van der Waals surface area contributed by atoms with Crippen LogP contribution in [0, 0.1) is 0 Å². The summed E-state index contributed by atoms with van der Waals surface area (Å²) >= 11 is 3.09. The van der Waals surface area contributed by atoms with Gasteiger partial charge in [-0.15, -0.1) is 0 Å². The van der Waals surface area contributed by atoms with Crippen LogP contribution in [0.15, 0.2) is 45.5 Å². The second-order valence-electron chi connectivity index (χ2n) is 5.12. The third kappa shape index (κ3) is 5.14. The first kappa shape index (κ1) is 17.1. The van der Waals surface area contributed by atoms with Crippen molar-refractivity contribution in [3.63, 3.8) is 0 Å². The molecule has 0 radical (unpaired) electrons. The van der Waals surface area contributed by atoms with Gasteiger partial charge in [0.15, 0.2) is 17.0 Å². The van der Waals surface area contributed by atoms with Crippen molar-refractivity contribution in [2.24, 2.45) is 0 Å². The Morgan fingerprint density at radius 2 is 1.83 bits per heavy atom. The molecule has 23 heavy (non-hydrogen) atoms. The maximum atomic E-state index is 11.7. The number of hydrogen-bond acceptors (Lipinski definition) is 4. The van der Waals surface area contributed by atoms with Crippen molar-refractivity contribution in [2.75, 3.05) is 6.61 Å². The van der Waals surface area contributed by atoms with E-state index in [2.05, 4.69) is 40.6 Å². The minimum absolute atomic E-state index is 0.0855. The number of hydrazine groups is 1. The van der Waals surface area contributed by atoms with E-state index in [9.17, 15) is 9.59 Å². The molecule has 122 valence electrons. The van der Waals surface area contributed by atoms with Crippen molar-refractivity contribution >= 4 is 27.7 Å². The van der Waals surface area contributed by atoms with E-state index in [4.69, 9.17) is 9.15 Å². The summed E-state index contributed by atoms with van der Waals surface area (Å²) in [6.45, 7) is 4.00. The predicted molar refractivity (Wildman–Crippen MR) is 88.0 cm³/mol. The van der Waals surface area contributed by atoms with Crippen molar-refractivity contribution in [1.82, 2.24) is 10.9 Å². The molecule has 0 saturated carbocycles. The number of ether oxygens (including phenoxy) is 1. The van der Waals surface area contributed by atoms with Gasteiger partial charge in [0.1, 0.15) is 5.75 Å².